The molecule has 0 aliphatic carbocycles. The number of hydrogen-bond acceptors (Lipinski definition) is 4. The van der Waals surface area contributed by atoms with Gasteiger partial charge in [-0.2, -0.15) is 0 Å². The average Bonchev–Trinajstić information content (AvgIpc) is 2.67. The Labute approximate surface area is 156 Å². The van der Waals surface area contributed by atoms with E-state index in [2.05, 4.69) is 28.9 Å². The van der Waals surface area contributed by atoms with Crippen molar-refractivity contribution in [3.8, 4) is 17.6 Å². The number of benzene rings is 2. The summed E-state index contributed by atoms with van der Waals surface area (Å²) in [5.74, 6) is 8.12. The lowest BCUT2D eigenvalue weighted by atomic mass is 9.90. The summed E-state index contributed by atoms with van der Waals surface area (Å²) in [5.41, 5.74) is 15.1. The fraction of sp³-hybridized carbons (Fsp3) is 0.364. The highest BCUT2D eigenvalue weighted by molar-refractivity contribution is 5.65. The van der Waals surface area contributed by atoms with Gasteiger partial charge in [0, 0.05) is 5.56 Å². The third kappa shape index (κ3) is 4.93. The van der Waals surface area contributed by atoms with Gasteiger partial charge in [0.25, 0.3) is 0 Å². The molecule has 0 unspecified atom stereocenters. The Bertz CT molecular complexity index is 781. The first-order valence-electron chi connectivity index (χ1n) is 9.13. The third-order valence-corrected chi connectivity index (χ3v) is 5.01. The smallest absolute Gasteiger partial charge is 0.118 e. The molecule has 0 amide bonds. The summed E-state index contributed by atoms with van der Waals surface area (Å²) >= 11 is 0. The maximum absolute atomic E-state index is 5.82. The van der Waals surface area contributed by atoms with Crippen LogP contribution in [0.5, 0.6) is 5.75 Å². The van der Waals surface area contributed by atoms with Crippen molar-refractivity contribution in [3.63, 3.8) is 0 Å². The predicted molar refractivity (Wildman–Crippen MR) is 108 cm³/mol. The lowest BCUT2D eigenvalue weighted by Crippen LogP contribution is -2.34. The topological polar surface area (TPSA) is 64.5 Å². The highest BCUT2D eigenvalue weighted by atomic mass is 16.5. The monoisotopic (exact) mass is 349 g/mol. The summed E-state index contributed by atoms with van der Waals surface area (Å²) in [6, 6.07) is 14.0. The van der Waals surface area contributed by atoms with Crippen molar-refractivity contribution in [1.29, 1.82) is 0 Å². The van der Waals surface area contributed by atoms with Crippen molar-refractivity contribution in [2.75, 3.05) is 38.2 Å². The van der Waals surface area contributed by atoms with E-state index in [1.165, 1.54) is 18.4 Å². The van der Waals surface area contributed by atoms with Crippen LogP contribution in [-0.2, 0) is 6.42 Å². The van der Waals surface area contributed by atoms with E-state index in [0.29, 0.717) is 11.4 Å². The molecule has 1 aliphatic heterocycles. The van der Waals surface area contributed by atoms with Crippen LogP contribution in [0, 0.1) is 17.8 Å². The van der Waals surface area contributed by atoms with Crippen LogP contribution in [0.3, 0.4) is 0 Å². The van der Waals surface area contributed by atoms with E-state index < -0.39 is 0 Å². The van der Waals surface area contributed by atoms with Crippen molar-refractivity contribution in [2.24, 2.45) is 5.92 Å². The first-order valence-corrected chi connectivity index (χ1v) is 9.13. The minimum atomic E-state index is 0.594. The molecule has 0 aromatic heterocycles. The highest BCUT2D eigenvalue weighted by Gasteiger charge is 2.18. The zero-order chi connectivity index (χ0) is 18.4. The van der Waals surface area contributed by atoms with Crippen molar-refractivity contribution in [3.05, 3.63) is 53.6 Å². The van der Waals surface area contributed by atoms with E-state index in [1.54, 1.807) is 7.11 Å². The molecule has 4 heteroatoms. The lowest BCUT2D eigenvalue weighted by Gasteiger charge is -2.30. The molecule has 0 atom stereocenters. The van der Waals surface area contributed by atoms with Crippen LogP contribution in [0.4, 0.5) is 11.4 Å². The van der Waals surface area contributed by atoms with Crippen LogP contribution in [0.25, 0.3) is 0 Å². The molecule has 4 N–H and O–H groups in total. The summed E-state index contributed by atoms with van der Waals surface area (Å²) in [6.45, 7) is 3.03. The minimum Gasteiger partial charge on any atom is -0.497 e. The number of likely N-dealkylation sites (tertiary alicyclic amines) is 1. The van der Waals surface area contributed by atoms with Gasteiger partial charge >= 0.3 is 0 Å². The molecule has 136 valence electrons. The predicted octanol–water partition coefficient (Wildman–Crippen LogP) is 3.17. The SMILES string of the molecule is COc1ccc(CC2CCN(CC#Cc3ccc(N)c(N)c3)CC2)cc1. The quantitative estimate of drug-likeness (QED) is 0.657. The second-order valence-corrected chi connectivity index (χ2v) is 6.92. The Morgan fingerprint density at radius 1 is 1.04 bits per heavy atom. The summed E-state index contributed by atoms with van der Waals surface area (Å²) in [7, 11) is 1.70. The normalized spacial score (nSPS) is 15.3. The number of hydrogen-bond donors (Lipinski definition) is 2. The Morgan fingerprint density at radius 3 is 2.42 bits per heavy atom. The van der Waals surface area contributed by atoms with E-state index >= 15 is 0 Å². The van der Waals surface area contributed by atoms with E-state index in [0.717, 1.165) is 43.3 Å². The Kier molecular flexibility index (Phi) is 6.04. The molecule has 26 heavy (non-hydrogen) atoms. The zero-order valence-electron chi connectivity index (χ0n) is 15.4. The maximum Gasteiger partial charge on any atom is 0.118 e. The molecular formula is C22H27N3O. The molecule has 3 rings (SSSR count). The molecular weight excluding hydrogens is 322 g/mol. The van der Waals surface area contributed by atoms with Gasteiger partial charge in [0.2, 0.25) is 0 Å². The van der Waals surface area contributed by atoms with E-state index in [1.807, 2.05) is 30.3 Å². The standard InChI is InChI=1S/C22H27N3O/c1-26-20-7-4-18(5-8-20)15-19-10-13-25(14-11-19)12-2-3-17-6-9-21(23)22(24)16-17/h4-9,16,19H,10-15,23-24H2,1H3. The second kappa shape index (κ2) is 8.64. The summed E-state index contributed by atoms with van der Waals surface area (Å²) in [6.07, 6.45) is 3.60. The third-order valence-electron chi connectivity index (χ3n) is 5.01. The molecule has 0 spiro atoms. The van der Waals surface area contributed by atoms with Crippen LogP contribution in [0.15, 0.2) is 42.5 Å². The molecule has 0 saturated carbocycles. The fourth-order valence-electron chi connectivity index (χ4n) is 3.35. The number of nitrogen functional groups attached to an aromatic ring is 2. The molecule has 1 aliphatic rings. The van der Waals surface area contributed by atoms with Crippen molar-refractivity contribution >= 4 is 11.4 Å². The average molecular weight is 349 g/mol. The van der Waals surface area contributed by atoms with Gasteiger partial charge in [-0.05, 0) is 74.2 Å². The number of nitrogens with zero attached hydrogens (tertiary/aromatic N) is 1. The Balaban J connectivity index is 1.45. The first kappa shape index (κ1) is 18.2. The van der Waals surface area contributed by atoms with Crippen LogP contribution in [-0.4, -0.2) is 31.6 Å². The minimum absolute atomic E-state index is 0.594. The van der Waals surface area contributed by atoms with Crippen molar-refractivity contribution < 1.29 is 4.74 Å². The van der Waals surface area contributed by atoms with Gasteiger partial charge in [-0.3, -0.25) is 4.90 Å². The van der Waals surface area contributed by atoms with Gasteiger partial charge in [-0.25, -0.2) is 0 Å². The molecule has 2 aromatic rings. The van der Waals surface area contributed by atoms with E-state index in [9.17, 15) is 0 Å². The highest BCUT2D eigenvalue weighted by Crippen LogP contribution is 2.22. The van der Waals surface area contributed by atoms with E-state index in [-0.39, 0.29) is 0 Å². The van der Waals surface area contributed by atoms with Crippen LogP contribution in [0.2, 0.25) is 0 Å². The number of methoxy groups -OCH3 is 1. The molecule has 0 bridgehead atoms. The van der Waals surface area contributed by atoms with Crippen LogP contribution < -0.4 is 16.2 Å². The fourth-order valence-corrected chi connectivity index (χ4v) is 3.35. The molecule has 1 heterocycles. The summed E-state index contributed by atoms with van der Waals surface area (Å²) < 4.78 is 5.22. The molecule has 0 radical (unpaired) electrons. The van der Waals surface area contributed by atoms with Gasteiger partial charge in [0.15, 0.2) is 0 Å². The molecule has 2 aromatic carbocycles. The second-order valence-electron chi connectivity index (χ2n) is 6.92. The number of piperidine rings is 1. The van der Waals surface area contributed by atoms with Gasteiger partial charge in [-0.15, -0.1) is 0 Å². The van der Waals surface area contributed by atoms with E-state index in [4.69, 9.17) is 16.2 Å². The van der Waals surface area contributed by atoms with Crippen LogP contribution >= 0.6 is 0 Å². The molecule has 1 fully saturated rings. The Hall–Kier alpha value is -2.64. The molecule has 4 nitrogen and oxygen atoms in total. The van der Waals surface area contributed by atoms with Gasteiger partial charge in [0.05, 0.1) is 25.0 Å². The summed E-state index contributed by atoms with van der Waals surface area (Å²) in [4.78, 5) is 2.43. The van der Waals surface area contributed by atoms with Crippen LogP contribution in [0.1, 0.15) is 24.0 Å². The van der Waals surface area contributed by atoms with Crippen molar-refractivity contribution in [1.82, 2.24) is 4.90 Å². The Morgan fingerprint density at radius 2 is 1.77 bits per heavy atom. The first-order chi connectivity index (χ1) is 12.6. The number of ether oxygens (including phenoxy) is 1. The van der Waals surface area contributed by atoms with Gasteiger partial charge in [-0.1, -0.05) is 24.0 Å². The largest absolute Gasteiger partial charge is 0.497 e. The number of nitrogens with two attached hydrogens (primary N) is 2. The number of anilines is 2. The zero-order valence-corrected chi connectivity index (χ0v) is 15.4. The number of rotatable bonds is 4. The molecule has 1 saturated heterocycles. The summed E-state index contributed by atoms with van der Waals surface area (Å²) in [5, 5.41) is 0. The van der Waals surface area contributed by atoms with Crippen molar-refractivity contribution in [2.45, 2.75) is 19.3 Å². The lowest BCUT2D eigenvalue weighted by molar-refractivity contribution is 0.203. The van der Waals surface area contributed by atoms with Gasteiger partial charge < -0.3 is 16.2 Å². The maximum atomic E-state index is 5.82. The van der Waals surface area contributed by atoms with Gasteiger partial charge in [0.1, 0.15) is 5.75 Å².